The molecular weight excluding hydrogens is 312 g/mol. The summed E-state index contributed by atoms with van der Waals surface area (Å²) in [7, 11) is 0. The zero-order valence-electron chi connectivity index (χ0n) is 15.5. The van der Waals surface area contributed by atoms with Crippen molar-refractivity contribution in [3.05, 3.63) is 59.7 Å². The second-order valence-electron chi connectivity index (χ2n) is 6.01. The number of amides is 2. The molecule has 0 aliphatic rings. The Bertz CT molecular complexity index is 741. The Morgan fingerprint density at radius 1 is 0.920 bits per heavy atom. The number of hydrogen-bond acceptors (Lipinski definition) is 2. The van der Waals surface area contributed by atoms with Crippen LogP contribution in [0.1, 0.15) is 31.9 Å². The van der Waals surface area contributed by atoms with E-state index in [0.717, 1.165) is 28.9 Å². The van der Waals surface area contributed by atoms with Crippen molar-refractivity contribution >= 4 is 23.2 Å². The van der Waals surface area contributed by atoms with Gasteiger partial charge in [-0.25, -0.2) is 0 Å². The molecule has 0 aromatic heterocycles. The summed E-state index contributed by atoms with van der Waals surface area (Å²) in [6.45, 7) is 8.08. The summed E-state index contributed by atoms with van der Waals surface area (Å²) in [5.74, 6) is -0.212. The van der Waals surface area contributed by atoms with Gasteiger partial charge in [-0.1, -0.05) is 43.3 Å². The molecular formula is C21H26N2O2. The third-order valence-electron chi connectivity index (χ3n) is 4.33. The molecule has 0 aliphatic carbocycles. The van der Waals surface area contributed by atoms with Gasteiger partial charge in [0.25, 0.3) is 0 Å². The molecule has 0 heterocycles. The molecule has 4 nitrogen and oxygen atoms in total. The fraction of sp³-hybridized carbons (Fsp3) is 0.333. The van der Waals surface area contributed by atoms with Gasteiger partial charge in [0, 0.05) is 19.2 Å². The average molecular weight is 338 g/mol. The van der Waals surface area contributed by atoms with Crippen LogP contribution in [0.5, 0.6) is 0 Å². The fourth-order valence-corrected chi connectivity index (χ4v) is 3.07. The van der Waals surface area contributed by atoms with Crippen LogP contribution in [0.25, 0.3) is 0 Å². The van der Waals surface area contributed by atoms with E-state index in [2.05, 4.69) is 6.92 Å². The summed E-state index contributed by atoms with van der Waals surface area (Å²) in [5.41, 5.74) is 3.78. The number of benzene rings is 2. The highest BCUT2D eigenvalue weighted by Gasteiger charge is 2.23. The van der Waals surface area contributed by atoms with E-state index in [1.807, 2.05) is 62.4 Å². The maximum atomic E-state index is 12.9. The largest absolute Gasteiger partial charge is 0.311 e. The second-order valence-corrected chi connectivity index (χ2v) is 6.01. The van der Waals surface area contributed by atoms with Crippen molar-refractivity contribution in [2.24, 2.45) is 0 Å². The molecule has 0 bridgehead atoms. The Morgan fingerprint density at radius 2 is 1.60 bits per heavy atom. The van der Waals surface area contributed by atoms with Gasteiger partial charge >= 0.3 is 0 Å². The van der Waals surface area contributed by atoms with Gasteiger partial charge < -0.3 is 9.80 Å². The van der Waals surface area contributed by atoms with Crippen molar-refractivity contribution in [2.45, 2.75) is 34.1 Å². The van der Waals surface area contributed by atoms with Crippen molar-refractivity contribution < 1.29 is 9.59 Å². The van der Waals surface area contributed by atoms with E-state index in [1.54, 1.807) is 9.80 Å². The van der Waals surface area contributed by atoms with Gasteiger partial charge in [-0.15, -0.1) is 0 Å². The highest BCUT2D eigenvalue weighted by molar-refractivity contribution is 6.03. The van der Waals surface area contributed by atoms with Crippen LogP contribution in [0, 0.1) is 6.92 Å². The number of rotatable bonds is 6. The summed E-state index contributed by atoms with van der Waals surface area (Å²) >= 11 is 0. The monoisotopic (exact) mass is 338 g/mol. The molecule has 0 saturated carbocycles. The van der Waals surface area contributed by atoms with Gasteiger partial charge in [-0.3, -0.25) is 9.59 Å². The minimum absolute atomic E-state index is 0.0376. The van der Waals surface area contributed by atoms with Crippen molar-refractivity contribution in [3.63, 3.8) is 0 Å². The molecule has 0 N–H and O–H groups in total. The maximum Gasteiger partial charge on any atom is 0.247 e. The summed E-state index contributed by atoms with van der Waals surface area (Å²) in [6, 6.07) is 15.5. The first kappa shape index (κ1) is 18.7. The van der Waals surface area contributed by atoms with Crippen LogP contribution >= 0.6 is 0 Å². The van der Waals surface area contributed by atoms with Crippen molar-refractivity contribution in [1.82, 2.24) is 0 Å². The third-order valence-corrected chi connectivity index (χ3v) is 4.33. The number of carbonyl (C=O) groups excluding carboxylic acids is 2. The lowest BCUT2D eigenvalue weighted by Crippen LogP contribution is -2.43. The van der Waals surface area contributed by atoms with Crippen molar-refractivity contribution in [2.75, 3.05) is 22.9 Å². The zero-order chi connectivity index (χ0) is 18.4. The lowest BCUT2D eigenvalue weighted by Gasteiger charge is -2.28. The molecule has 0 radical (unpaired) electrons. The van der Waals surface area contributed by atoms with Gasteiger partial charge in [0.15, 0.2) is 0 Å². The number of anilines is 2. The van der Waals surface area contributed by atoms with Crippen LogP contribution in [0.3, 0.4) is 0 Å². The van der Waals surface area contributed by atoms with E-state index in [4.69, 9.17) is 0 Å². The third kappa shape index (κ3) is 4.27. The molecule has 0 fully saturated rings. The van der Waals surface area contributed by atoms with Gasteiger partial charge in [0.2, 0.25) is 11.8 Å². The molecule has 0 spiro atoms. The number of likely N-dealkylation sites (N-methyl/N-ethyl adjacent to an activating group) is 1. The van der Waals surface area contributed by atoms with E-state index >= 15 is 0 Å². The van der Waals surface area contributed by atoms with E-state index in [-0.39, 0.29) is 18.4 Å². The van der Waals surface area contributed by atoms with Gasteiger partial charge in [0.1, 0.15) is 6.54 Å². The Balaban J connectivity index is 2.34. The number of aryl methyl sites for hydroxylation is 2. The number of hydrogen-bond donors (Lipinski definition) is 0. The Hall–Kier alpha value is -2.62. The lowest BCUT2D eigenvalue weighted by atomic mass is 10.0. The van der Waals surface area contributed by atoms with Crippen LogP contribution in [0.4, 0.5) is 11.4 Å². The molecule has 0 aliphatic heterocycles. The first-order valence-corrected chi connectivity index (χ1v) is 8.71. The Labute approximate surface area is 150 Å². The van der Waals surface area contributed by atoms with Crippen LogP contribution in [0.2, 0.25) is 0 Å². The molecule has 2 amide bonds. The molecule has 25 heavy (non-hydrogen) atoms. The second kappa shape index (κ2) is 8.47. The maximum absolute atomic E-state index is 12.9. The summed E-state index contributed by atoms with van der Waals surface area (Å²) < 4.78 is 0. The molecule has 4 heteroatoms. The highest BCUT2D eigenvalue weighted by atomic mass is 16.2. The highest BCUT2D eigenvalue weighted by Crippen LogP contribution is 2.26. The van der Waals surface area contributed by atoms with Gasteiger partial charge in [-0.05, 0) is 43.5 Å². The summed E-state index contributed by atoms with van der Waals surface area (Å²) in [6.07, 6.45) is 0.811. The number of para-hydroxylation sites is 2. The predicted molar refractivity (Wildman–Crippen MR) is 103 cm³/mol. The topological polar surface area (TPSA) is 40.6 Å². The molecule has 2 aromatic carbocycles. The molecule has 2 rings (SSSR count). The van der Waals surface area contributed by atoms with Gasteiger partial charge in [-0.2, -0.15) is 0 Å². The number of nitrogens with zero attached hydrogens (tertiary/aromatic N) is 2. The standard InChI is InChI=1S/C21H26N2O2/c1-5-18-12-10-11-16(3)21(18)23(17(4)24)15-20(25)22(6-2)19-13-8-7-9-14-19/h7-14H,5-6,15H2,1-4H3. The average Bonchev–Trinajstić information content (AvgIpc) is 2.61. The first-order chi connectivity index (χ1) is 12.0. The van der Waals surface area contributed by atoms with Crippen LogP contribution in [-0.2, 0) is 16.0 Å². The molecule has 0 unspecified atom stereocenters. The molecule has 132 valence electrons. The fourth-order valence-electron chi connectivity index (χ4n) is 3.07. The lowest BCUT2D eigenvalue weighted by molar-refractivity contribution is -0.121. The van der Waals surface area contributed by atoms with E-state index in [0.29, 0.717) is 6.54 Å². The molecule has 2 aromatic rings. The smallest absolute Gasteiger partial charge is 0.247 e. The van der Waals surface area contributed by atoms with Crippen LogP contribution in [0.15, 0.2) is 48.5 Å². The Kier molecular flexibility index (Phi) is 6.34. The van der Waals surface area contributed by atoms with Crippen LogP contribution in [-0.4, -0.2) is 24.9 Å². The van der Waals surface area contributed by atoms with Crippen molar-refractivity contribution in [3.8, 4) is 0 Å². The number of carbonyl (C=O) groups is 2. The van der Waals surface area contributed by atoms with Crippen LogP contribution < -0.4 is 9.80 Å². The predicted octanol–water partition coefficient (Wildman–Crippen LogP) is 3.96. The first-order valence-electron chi connectivity index (χ1n) is 8.71. The Morgan fingerprint density at radius 3 is 2.16 bits per heavy atom. The van der Waals surface area contributed by atoms with Crippen molar-refractivity contribution in [1.29, 1.82) is 0 Å². The van der Waals surface area contributed by atoms with E-state index in [1.165, 1.54) is 6.92 Å². The quantitative estimate of drug-likeness (QED) is 0.800. The zero-order valence-corrected chi connectivity index (χ0v) is 15.5. The summed E-state index contributed by atoms with van der Waals surface area (Å²) in [4.78, 5) is 28.5. The van der Waals surface area contributed by atoms with E-state index in [9.17, 15) is 9.59 Å². The minimum Gasteiger partial charge on any atom is -0.311 e. The minimum atomic E-state index is -0.124. The SMILES string of the molecule is CCc1cccc(C)c1N(CC(=O)N(CC)c1ccccc1)C(C)=O. The molecule has 0 saturated heterocycles. The molecule has 0 atom stereocenters. The normalized spacial score (nSPS) is 10.4. The van der Waals surface area contributed by atoms with Gasteiger partial charge in [0.05, 0.1) is 5.69 Å². The summed E-state index contributed by atoms with van der Waals surface area (Å²) in [5, 5.41) is 0. The van der Waals surface area contributed by atoms with E-state index < -0.39 is 0 Å².